The second-order valence-electron chi connectivity index (χ2n) is 7.51. The van der Waals surface area contributed by atoms with Crippen molar-refractivity contribution in [3.63, 3.8) is 0 Å². The molecule has 1 N–H and O–H groups in total. The molecule has 2 aromatic heterocycles. The Morgan fingerprint density at radius 3 is 2.47 bits per heavy atom. The predicted molar refractivity (Wildman–Crippen MR) is 145 cm³/mol. The lowest BCUT2D eigenvalue weighted by Gasteiger charge is -2.05. The van der Waals surface area contributed by atoms with Gasteiger partial charge in [0, 0.05) is 17.0 Å². The first-order valence-corrected chi connectivity index (χ1v) is 14.1. The number of aryl methyl sites for hydroxylation is 1. The first-order valence-electron chi connectivity index (χ1n) is 10.5. The monoisotopic (exact) mass is 520 g/mol. The molecular formula is C25H20N4OS4. The summed E-state index contributed by atoms with van der Waals surface area (Å²) in [5, 5.41) is 12.4. The van der Waals surface area contributed by atoms with Crippen LogP contribution in [0.15, 0.2) is 81.5 Å². The number of thiazole rings is 1. The Bertz CT molecular complexity index is 1410. The smallest absolute Gasteiger partial charge is 0.234 e. The molecule has 0 bridgehead atoms. The lowest BCUT2D eigenvalue weighted by atomic mass is 10.2. The van der Waals surface area contributed by atoms with E-state index in [0.29, 0.717) is 0 Å². The minimum Gasteiger partial charge on any atom is -0.325 e. The van der Waals surface area contributed by atoms with Crippen LogP contribution in [-0.4, -0.2) is 26.8 Å². The second kappa shape index (κ2) is 10.7. The highest BCUT2D eigenvalue weighted by Gasteiger charge is 2.10. The molecule has 0 atom stereocenters. The molecule has 34 heavy (non-hydrogen) atoms. The molecule has 0 saturated heterocycles. The molecule has 0 aliphatic carbocycles. The lowest BCUT2D eigenvalue weighted by molar-refractivity contribution is -0.113. The van der Waals surface area contributed by atoms with Gasteiger partial charge in [0.15, 0.2) is 8.68 Å². The fourth-order valence-corrected chi connectivity index (χ4v) is 7.05. The van der Waals surface area contributed by atoms with E-state index in [9.17, 15) is 4.79 Å². The number of nitrogens with one attached hydrogen (secondary N) is 1. The number of aromatic nitrogens is 3. The molecule has 3 aromatic carbocycles. The third-order valence-corrected chi connectivity index (χ3v) is 9.21. The van der Waals surface area contributed by atoms with Crippen molar-refractivity contribution in [3.05, 3.63) is 83.9 Å². The predicted octanol–water partition coefficient (Wildman–Crippen LogP) is 7.15. The lowest BCUT2D eigenvalue weighted by Crippen LogP contribution is -2.13. The first kappa shape index (κ1) is 23.0. The highest BCUT2D eigenvalue weighted by Crippen LogP contribution is 2.32. The van der Waals surface area contributed by atoms with Gasteiger partial charge in [-0.3, -0.25) is 4.79 Å². The topological polar surface area (TPSA) is 67.8 Å². The molecular weight excluding hydrogens is 501 g/mol. The molecule has 0 unspecified atom stereocenters. The van der Waals surface area contributed by atoms with Gasteiger partial charge in [0.1, 0.15) is 5.01 Å². The number of anilines is 1. The molecule has 0 spiro atoms. The van der Waals surface area contributed by atoms with Gasteiger partial charge < -0.3 is 5.32 Å². The van der Waals surface area contributed by atoms with E-state index in [2.05, 4.69) is 52.8 Å². The average molecular weight is 521 g/mol. The molecule has 0 aliphatic heterocycles. The minimum atomic E-state index is -0.0677. The van der Waals surface area contributed by atoms with Crippen molar-refractivity contribution in [1.29, 1.82) is 0 Å². The fraction of sp³-hybridized carbons (Fsp3) is 0.120. The van der Waals surface area contributed by atoms with Gasteiger partial charge in [-0.2, -0.15) is 0 Å². The largest absolute Gasteiger partial charge is 0.325 e. The highest BCUT2D eigenvalue weighted by atomic mass is 32.2. The molecule has 0 fully saturated rings. The van der Waals surface area contributed by atoms with E-state index in [1.165, 1.54) is 38.9 Å². The number of fused-ring (bicyclic) bond motifs is 1. The van der Waals surface area contributed by atoms with Gasteiger partial charge in [0.25, 0.3) is 0 Å². The number of amides is 1. The Hall–Kier alpha value is -2.72. The Morgan fingerprint density at radius 1 is 0.912 bits per heavy atom. The summed E-state index contributed by atoms with van der Waals surface area (Å²) in [6.07, 6.45) is 0. The van der Waals surface area contributed by atoms with Gasteiger partial charge in [-0.1, -0.05) is 71.3 Å². The molecule has 9 heteroatoms. The number of hydrogen-bond acceptors (Lipinski definition) is 8. The number of rotatable bonds is 8. The number of hydrogen-bond donors (Lipinski definition) is 1. The van der Waals surface area contributed by atoms with Crippen LogP contribution < -0.4 is 5.32 Å². The molecule has 2 heterocycles. The Labute approximate surface area is 214 Å². The number of carbonyl (C=O) groups is 1. The van der Waals surface area contributed by atoms with E-state index in [1.54, 1.807) is 23.1 Å². The van der Waals surface area contributed by atoms with Crippen LogP contribution in [-0.2, 0) is 10.5 Å². The van der Waals surface area contributed by atoms with Gasteiger partial charge in [-0.05, 0) is 54.4 Å². The Morgan fingerprint density at radius 2 is 1.68 bits per heavy atom. The zero-order valence-electron chi connectivity index (χ0n) is 18.2. The van der Waals surface area contributed by atoms with Crippen molar-refractivity contribution in [2.75, 3.05) is 11.1 Å². The zero-order valence-corrected chi connectivity index (χ0v) is 21.5. The van der Waals surface area contributed by atoms with Crippen LogP contribution in [0.5, 0.6) is 0 Å². The maximum atomic E-state index is 12.4. The maximum absolute atomic E-state index is 12.4. The van der Waals surface area contributed by atoms with Crippen LogP contribution in [0.25, 0.3) is 20.8 Å². The summed E-state index contributed by atoms with van der Waals surface area (Å²) < 4.78 is 2.89. The minimum absolute atomic E-state index is 0.0677. The van der Waals surface area contributed by atoms with Crippen LogP contribution in [0.2, 0.25) is 0 Å². The second-order valence-corrected chi connectivity index (χ2v) is 12.0. The van der Waals surface area contributed by atoms with Crippen LogP contribution >= 0.6 is 46.2 Å². The molecule has 170 valence electrons. The SMILES string of the molecule is Cc1ccc2nc(-c3ccc(NC(=O)CSc4nnc(SCc5ccccc5)s4)cc3)sc2c1. The van der Waals surface area contributed by atoms with E-state index in [0.717, 1.165) is 36.2 Å². The van der Waals surface area contributed by atoms with E-state index < -0.39 is 0 Å². The third kappa shape index (κ3) is 5.85. The van der Waals surface area contributed by atoms with Gasteiger partial charge in [0.05, 0.1) is 16.0 Å². The van der Waals surface area contributed by atoms with E-state index in [1.807, 2.05) is 42.5 Å². The Balaban J connectivity index is 1.12. The average Bonchev–Trinajstić information content (AvgIpc) is 3.49. The molecule has 0 radical (unpaired) electrons. The van der Waals surface area contributed by atoms with Crippen molar-refractivity contribution >= 4 is 68.0 Å². The zero-order chi connectivity index (χ0) is 23.3. The van der Waals surface area contributed by atoms with Crippen LogP contribution in [0.3, 0.4) is 0 Å². The number of thioether (sulfide) groups is 2. The first-order chi connectivity index (χ1) is 16.6. The Kier molecular flexibility index (Phi) is 7.24. The van der Waals surface area contributed by atoms with Crippen molar-refractivity contribution < 1.29 is 4.79 Å². The van der Waals surface area contributed by atoms with Gasteiger partial charge in [-0.25, -0.2) is 4.98 Å². The number of nitrogens with zero attached hydrogens (tertiary/aromatic N) is 3. The quantitative estimate of drug-likeness (QED) is 0.219. The molecule has 5 nitrogen and oxygen atoms in total. The van der Waals surface area contributed by atoms with Gasteiger partial charge in [-0.15, -0.1) is 21.5 Å². The summed E-state index contributed by atoms with van der Waals surface area (Å²) in [7, 11) is 0. The molecule has 5 aromatic rings. The van der Waals surface area contributed by atoms with Crippen molar-refractivity contribution in [1.82, 2.24) is 15.2 Å². The number of carbonyl (C=O) groups excluding carboxylic acids is 1. The van der Waals surface area contributed by atoms with Crippen LogP contribution in [0.4, 0.5) is 5.69 Å². The molecule has 5 rings (SSSR count). The summed E-state index contributed by atoms with van der Waals surface area (Å²) >= 11 is 6.26. The third-order valence-electron chi connectivity index (χ3n) is 4.88. The van der Waals surface area contributed by atoms with Crippen LogP contribution in [0, 0.1) is 6.92 Å². The fourth-order valence-electron chi connectivity index (χ4n) is 3.21. The maximum Gasteiger partial charge on any atom is 0.234 e. The molecule has 0 saturated carbocycles. The number of benzene rings is 3. The van der Waals surface area contributed by atoms with Gasteiger partial charge in [0.2, 0.25) is 5.91 Å². The van der Waals surface area contributed by atoms with Crippen molar-refractivity contribution in [3.8, 4) is 10.6 Å². The standard InChI is InChI=1S/C25H20N4OS4/c1-16-7-12-20-21(13-16)33-23(27-20)18-8-10-19(11-9-18)26-22(30)15-32-25-29-28-24(34-25)31-14-17-5-3-2-4-6-17/h2-13H,14-15H2,1H3,(H,26,30). The summed E-state index contributed by atoms with van der Waals surface area (Å²) in [6, 6.07) is 24.4. The van der Waals surface area contributed by atoms with Crippen molar-refractivity contribution in [2.24, 2.45) is 0 Å². The summed E-state index contributed by atoms with van der Waals surface area (Å²) in [5.74, 6) is 1.08. The molecule has 0 aliphatic rings. The van der Waals surface area contributed by atoms with E-state index >= 15 is 0 Å². The van der Waals surface area contributed by atoms with Crippen LogP contribution in [0.1, 0.15) is 11.1 Å². The highest BCUT2D eigenvalue weighted by molar-refractivity contribution is 8.03. The summed E-state index contributed by atoms with van der Waals surface area (Å²) in [6.45, 7) is 2.09. The summed E-state index contributed by atoms with van der Waals surface area (Å²) in [4.78, 5) is 17.1. The normalized spacial score (nSPS) is 11.1. The van der Waals surface area contributed by atoms with Crippen molar-refractivity contribution in [2.45, 2.75) is 21.4 Å². The van der Waals surface area contributed by atoms with E-state index in [4.69, 9.17) is 4.98 Å². The van der Waals surface area contributed by atoms with Gasteiger partial charge >= 0.3 is 0 Å². The van der Waals surface area contributed by atoms with E-state index in [-0.39, 0.29) is 11.7 Å². The summed E-state index contributed by atoms with van der Waals surface area (Å²) in [5.41, 5.74) is 5.30. The molecule has 1 amide bonds.